The Morgan fingerprint density at radius 1 is 0.913 bits per heavy atom. The number of rotatable bonds is 2. The number of imide groups is 1. The highest BCUT2D eigenvalue weighted by atomic mass is 35.5. The lowest BCUT2D eigenvalue weighted by Crippen LogP contribution is -2.39. The van der Waals surface area contributed by atoms with Crippen LogP contribution in [0.25, 0.3) is 0 Å². The van der Waals surface area contributed by atoms with Gasteiger partial charge in [0.05, 0.1) is 15.7 Å². The molecule has 0 aromatic heterocycles. The van der Waals surface area contributed by atoms with E-state index in [9.17, 15) is 14.4 Å². The summed E-state index contributed by atoms with van der Waals surface area (Å²) in [5.74, 6) is -2.89. The number of anilines is 2. The fourth-order valence-electron chi connectivity index (χ4n) is 1.65. The second kappa shape index (κ2) is 7.13. The van der Waals surface area contributed by atoms with Crippen LogP contribution in [0.15, 0.2) is 42.5 Å². The molecule has 118 valence electrons. The van der Waals surface area contributed by atoms with Crippen LogP contribution in [-0.2, 0) is 9.59 Å². The molecule has 3 amide bonds. The number of carbonyl (C=O) groups excluding carboxylic acids is 3. The largest absolute Gasteiger partial charge is 0.399 e. The van der Waals surface area contributed by atoms with Gasteiger partial charge in [0.1, 0.15) is 0 Å². The van der Waals surface area contributed by atoms with E-state index in [2.05, 4.69) is 5.32 Å². The molecular weight excluding hydrogens is 341 g/mol. The van der Waals surface area contributed by atoms with E-state index in [1.54, 1.807) is 6.07 Å². The van der Waals surface area contributed by atoms with E-state index in [-0.39, 0.29) is 21.3 Å². The Hall–Kier alpha value is -2.57. The summed E-state index contributed by atoms with van der Waals surface area (Å²) in [5.41, 5.74) is 6.34. The maximum Gasteiger partial charge on any atom is 0.316 e. The molecule has 2 aromatic rings. The van der Waals surface area contributed by atoms with Crippen LogP contribution in [0.3, 0.4) is 0 Å². The van der Waals surface area contributed by atoms with Crippen molar-refractivity contribution in [1.29, 1.82) is 0 Å². The molecule has 0 aliphatic carbocycles. The van der Waals surface area contributed by atoms with E-state index in [0.29, 0.717) is 5.69 Å². The van der Waals surface area contributed by atoms with Gasteiger partial charge < -0.3 is 11.1 Å². The van der Waals surface area contributed by atoms with Crippen LogP contribution in [-0.4, -0.2) is 17.7 Å². The lowest BCUT2D eigenvalue weighted by atomic mass is 10.2. The summed E-state index contributed by atoms with van der Waals surface area (Å²) < 4.78 is 0. The van der Waals surface area contributed by atoms with Crippen LogP contribution < -0.4 is 16.4 Å². The Morgan fingerprint density at radius 2 is 1.57 bits per heavy atom. The van der Waals surface area contributed by atoms with E-state index in [1.807, 2.05) is 5.32 Å². The highest BCUT2D eigenvalue weighted by Gasteiger charge is 2.19. The molecule has 0 aliphatic rings. The van der Waals surface area contributed by atoms with Crippen LogP contribution >= 0.6 is 23.2 Å². The zero-order chi connectivity index (χ0) is 17.0. The SMILES string of the molecule is Nc1ccc(C(=O)NC(=O)C(=O)Nc2cccc(Cl)c2Cl)cc1. The highest BCUT2D eigenvalue weighted by molar-refractivity contribution is 6.46. The zero-order valence-corrected chi connectivity index (χ0v) is 13.1. The van der Waals surface area contributed by atoms with Crippen LogP contribution in [0.5, 0.6) is 0 Å². The molecule has 2 rings (SSSR count). The molecule has 0 radical (unpaired) electrons. The molecule has 2 aromatic carbocycles. The number of hydrogen-bond acceptors (Lipinski definition) is 4. The Balaban J connectivity index is 2.02. The summed E-state index contributed by atoms with van der Waals surface area (Å²) in [5, 5.41) is 4.56. The van der Waals surface area contributed by atoms with E-state index in [4.69, 9.17) is 28.9 Å². The summed E-state index contributed by atoms with van der Waals surface area (Å²) in [7, 11) is 0. The second-order valence-corrected chi connectivity index (χ2v) is 5.25. The third-order valence-corrected chi connectivity index (χ3v) is 3.62. The van der Waals surface area contributed by atoms with Crippen molar-refractivity contribution < 1.29 is 14.4 Å². The third kappa shape index (κ3) is 4.21. The first kappa shape index (κ1) is 16.8. The maximum atomic E-state index is 11.8. The molecule has 0 saturated heterocycles. The average molecular weight is 352 g/mol. The van der Waals surface area contributed by atoms with E-state index >= 15 is 0 Å². The van der Waals surface area contributed by atoms with Gasteiger partial charge in [-0.15, -0.1) is 0 Å². The van der Waals surface area contributed by atoms with Crippen molar-refractivity contribution in [1.82, 2.24) is 5.32 Å². The lowest BCUT2D eigenvalue weighted by molar-refractivity contribution is -0.135. The lowest BCUT2D eigenvalue weighted by Gasteiger charge is -2.08. The predicted octanol–water partition coefficient (Wildman–Crippen LogP) is 2.47. The zero-order valence-electron chi connectivity index (χ0n) is 11.6. The molecule has 23 heavy (non-hydrogen) atoms. The predicted molar refractivity (Wildman–Crippen MR) is 88.4 cm³/mol. The minimum atomic E-state index is -1.12. The normalized spacial score (nSPS) is 10.0. The minimum Gasteiger partial charge on any atom is -0.399 e. The number of nitrogens with one attached hydrogen (secondary N) is 2. The summed E-state index contributed by atoms with van der Waals surface area (Å²) in [6, 6.07) is 10.4. The first-order valence-corrected chi connectivity index (χ1v) is 7.10. The van der Waals surface area contributed by atoms with Crippen LogP contribution in [0.4, 0.5) is 11.4 Å². The van der Waals surface area contributed by atoms with Crippen LogP contribution in [0.2, 0.25) is 10.0 Å². The van der Waals surface area contributed by atoms with Gasteiger partial charge in [0.2, 0.25) is 0 Å². The molecule has 0 saturated carbocycles. The topological polar surface area (TPSA) is 101 Å². The van der Waals surface area contributed by atoms with Crippen molar-refractivity contribution in [2.24, 2.45) is 0 Å². The minimum absolute atomic E-state index is 0.0974. The summed E-state index contributed by atoms with van der Waals surface area (Å²) >= 11 is 11.7. The van der Waals surface area contributed by atoms with Gasteiger partial charge in [-0.05, 0) is 36.4 Å². The van der Waals surface area contributed by atoms with E-state index in [1.165, 1.54) is 36.4 Å². The molecule has 0 unspecified atom stereocenters. The fourth-order valence-corrected chi connectivity index (χ4v) is 1.99. The first-order valence-electron chi connectivity index (χ1n) is 6.34. The molecule has 4 N–H and O–H groups in total. The number of nitrogen functional groups attached to an aromatic ring is 1. The summed E-state index contributed by atoms with van der Waals surface area (Å²) in [6.07, 6.45) is 0. The standard InChI is InChI=1S/C15H11Cl2N3O3/c16-10-2-1-3-11(12(10)17)19-14(22)15(23)20-13(21)8-4-6-9(18)7-5-8/h1-7H,18H2,(H,19,22)(H,20,21,23). The molecule has 6 nitrogen and oxygen atoms in total. The van der Waals surface area contributed by atoms with Crippen molar-refractivity contribution in [3.8, 4) is 0 Å². The molecule has 0 bridgehead atoms. The van der Waals surface area contributed by atoms with Crippen molar-refractivity contribution in [2.75, 3.05) is 11.1 Å². The average Bonchev–Trinajstić information content (AvgIpc) is 2.52. The van der Waals surface area contributed by atoms with Gasteiger partial charge in [0.25, 0.3) is 5.91 Å². The Kier molecular flexibility index (Phi) is 5.20. The number of benzene rings is 2. The summed E-state index contributed by atoms with van der Waals surface area (Å²) in [6.45, 7) is 0. The van der Waals surface area contributed by atoms with Crippen LogP contribution in [0, 0.1) is 0 Å². The monoisotopic (exact) mass is 351 g/mol. The summed E-state index contributed by atoms with van der Waals surface area (Å²) in [4.78, 5) is 35.4. The maximum absolute atomic E-state index is 11.8. The third-order valence-electron chi connectivity index (χ3n) is 2.81. The van der Waals surface area contributed by atoms with Crippen molar-refractivity contribution in [3.63, 3.8) is 0 Å². The van der Waals surface area contributed by atoms with Gasteiger partial charge >= 0.3 is 11.8 Å². The number of halogens is 2. The van der Waals surface area contributed by atoms with Gasteiger partial charge in [-0.3, -0.25) is 19.7 Å². The van der Waals surface area contributed by atoms with Crippen molar-refractivity contribution in [3.05, 3.63) is 58.1 Å². The Bertz CT molecular complexity index is 776. The molecular formula is C15H11Cl2N3O3. The van der Waals surface area contributed by atoms with Gasteiger partial charge in [-0.25, -0.2) is 0 Å². The van der Waals surface area contributed by atoms with Crippen LogP contribution in [0.1, 0.15) is 10.4 Å². The highest BCUT2D eigenvalue weighted by Crippen LogP contribution is 2.29. The molecule has 0 fully saturated rings. The molecule has 0 aliphatic heterocycles. The van der Waals surface area contributed by atoms with E-state index in [0.717, 1.165) is 0 Å². The first-order chi connectivity index (χ1) is 10.9. The Labute approximate surface area is 141 Å². The number of carbonyl (C=O) groups is 3. The van der Waals surface area contributed by atoms with E-state index < -0.39 is 17.7 Å². The van der Waals surface area contributed by atoms with Crippen molar-refractivity contribution >= 4 is 52.3 Å². The number of nitrogens with two attached hydrogens (primary N) is 1. The second-order valence-electron chi connectivity index (χ2n) is 4.46. The quantitative estimate of drug-likeness (QED) is 0.571. The van der Waals surface area contributed by atoms with Gasteiger partial charge in [0.15, 0.2) is 0 Å². The number of hydrogen-bond donors (Lipinski definition) is 3. The number of amides is 3. The van der Waals surface area contributed by atoms with Gasteiger partial charge in [-0.1, -0.05) is 29.3 Å². The van der Waals surface area contributed by atoms with Gasteiger partial charge in [-0.2, -0.15) is 0 Å². The molecule has 0 spiro atoms. The fraction of sp³-hybridized carbons (Fsp3) is 0. The van der Waals surface area contributed by atoms with Gasteiger partial charge in [0, 0.05) is 11.3 Å². The smallest absolute Gasteiger partial charge is 0.316 e. The Morgan fingerprint density at radius 3 is 2.22 bits per heavy atom. The molecule has 0 atom stereocenters. The molecule has 0 heterocycles. The molecule has 8 heteroatoms. The van der Waals surface area contributed by atoms with Crippen molar-refractivity contribution in [2.45, 2.75) is 0 Å².